The molecule has 1 aliphatic heterocycles. The van der Waals surface area contributed by atoms with Crippen molar-refractivity contribution in [2.45, 2.75) is 65.7 Å². The van der Waals surface area contributed by atoms with E-state index in [0.29, 0.717) is 22.5 Å². The number of carbonyl (C=O) groups excluding carboxylic acids is 1. The zero-order chi connectivity index (χ0) is 17.5. The molecular weight excluding hydrogens is 314 g/mol. The third-order valence-electron chi connectivity index (χ3n) is 5.79. The summed E-state index contributed by atoms with van der Waals surface area (Å²) in [5.41, 5.74) is 4.00. The number of rotatable bonds is 2. The Hall–Kier alpha value is -0.960. The molecule has 0 N–H and O–H groups in total. The molecule has 1 atom stereocenters. The summed E-state index contributed by atoms with van der Waals surface area (Å²) in [5.74, 6) is 2.39. The zero-order valence-corrected chi connectivity index (χ0v) is 16.6. The zero-order valence-electron chi connectivity index (χ0n) is 15.8. The second-order valence-corrected chi connectivity index (χ2v) is 9.89. The highest BCUT2D eigenvalue weighted by atomic mass is 32.2. The van der Waals surface area contributed by atoms with Crippen molar-refractivity contribution in [1.82, 2.24) is 0 Å². The first-order valence-electron chi connectivity index (χ1n) is 9.27. The highest BCUT2D eigenvalue weighted by Gasteiger charge is 2.41. The van der Waals surface area contributed by atoms with Gasteiger partial charge in [0.2, 0.25) is 5.91 Å². The van der Waals surface area contributed by atoms with Gasteiger partial charge in [-0.25, -0.2) is 0 Å². The number of thioether (sulfide) groups is 1. The minimum atomic E-state index is 0.285. The molecule has 1 aromatic carbocycles. The predicted molar refractivity (Wildman–Crippen MR) is 105 cm³/mol. The van der Waals surface area contributed by atoms with Gasteiger partial charge in [0.05, 0.1) is 11.1 Å². The summed E-state index contributed by atoms with van der Waals surface area (Å²) in [6.45, 7) is 11.3. The minimum absolute atomic E-state index is 0.285. The third kappa shape index (κ3) is 3.66. The molecule has 0 radical (unpaired) electrons. The number of amides is 1. The van der Waals surface area contributed by atoms with Crippen LogP contribution >= 0.6 is 11.8 Å². The molecule has 24 heavy (non-hydrogen) atoms. The van der Waals surface area contributed by atoms with E-state index in [1.54, 1.807) is 0 Å². The van der Waals surface area contributed by atoms with Crippen molar-refractivity contribution in [1.29, 1.82) is 0 Å². The molecule has 1 saturated carbocycles. The molecule has 1 aliphatic carbocycles. The van der Waals surface area contributed by atoms with Gasteiger partial charge in [-0.05, 0) is 80.0 Å². The Labute approximate surface area is 151 Å². The van der Waals surface area contributed by atoms with Gasteiger partial charge in [0, 0.05) is 5.69 Å². The summed E-state index contributed by atoms with van der Waals surface area (Å²) < 4.78 is 0. The second-order valence-electron chi connectivity index (χ2n) is 8.79. The molecule has 0 spiro atoms. The lowest BCUT2D eigenvalue weighted by Crippen LogP contribution is -2.40. The van der Waals surface area contributed by atoms with Crippen LogP contribution in [0.4, 0.5) is 5.69 Å². The predicted octanol–water partition coefficient (Wildman–Crippen LogP) is 5.56. The van der Waals surface area contributed by atoms with Crippen LogP contribution in [-0.4, -0.2) is 17.0 Å². The van der Waals surface area contributed by atoms with Gasteiger partial charge in [-0.3, -0.25) is 9.69 Å². The summed E-state index contributed by atoms with van der Waals surface area (Å²) in [5, 5.41) is 0.333. The number of hydrogen-bond acceptors (Lipinski definition) is 2. The molecular formula is C21H31NOS. The van der Waals surface area contributed by atoms with Gasteiger partial charge in [0.1, 0.15) is 0 Å². The maximum absolute atomic E-state index is 12.6. The first-order valence-corrected chi connectivity index (χ1v) is 10.3. The first-order chi connectivity index (χ1) is 11.3. The Morgan fingerprint density at radius 2 is 1.58 bits per heavy atom. The van der Waals surface area contributed by atoms with Crippen LogP contribution in [0.2, 0.25) is 0 Å². The number of anilines is 1. The van der Waals surface area contributed by atoms with Gasteiger partial charge in [0.15, 0.2) is 0 Å². The second kappa shape index (κ2) is 6.74. The standard InChI is InChI=1S/C21H31NOS/c1-14-10-15(2)12-18(11-14)22-19(23)13-24-20(22)16-6-8-17(9-7-16)21(3,4)5/h10-12,16-17,20H,6-9,13H2,1-5H3. The number of hydrogen-bond donors (Lipinski definition) is 0. The fourth-order valence-electron chi connectivity index (χ4n) is 4.44. The van der Waals surface area contributed by atoms with Crippen molar-refractivity contribution in [2.75, 3.05) is 10.7 Å². The van der Waals surface area contributed by atoms with E-state index in [1.807, 2.05) is 11.8 Å². The summed E-state index contributed by atoms with van der Waals surface area (Å²) in [4.78, 5) is 14.7. The van der Waals surface area contributed by atoms with Gasteiger partial charge in [-0.15, -0.1) is 11.8 Å². The number of nitrogens with zero attached hydrogens (tertiary/aromatic N) is 1. The third-order valence-corrected chi connectivity index (χ3v) is 7.14. The van der Waals surface area contributed by atoms with Crippen molar-refractivity contribution in [3.63, 3.8) is 0 Å². The fraction of sp³-hybridized carbons (Fsp3) is 0.667. The van der Waals surface area contributed by atoms with Crippen LogP contribution in [0.15, 0.2) is 18.2 Å². The molecule has 1 unspecified atom stereocenters. The molecule has 3 rings (SSSR count). The lowest BCUT2D eigenvalue weighted by molar-refractivity contribution is -0.116. The lowest BCUT2D eigenvalue weighted by atomic mass is 9.69. The van der Waals surface area contributed by atoms with Gasteiger partial charge >= 0.3 is 0 Å². The average molecular weight is 346 g/mol. The summed E-state index contributed by atoms with van der Waals surface area (Å²) in [6.07, 6.45) is 5.13. The molecule has 0 bridgehead atoms. The van der Waals surface area contributed by atoms with E-state index in [4.69, 9.17) is 0 Å². The van der Waals surface area contributed by atoms with Gasteiger partial charge in [-0.2, -0.15) is 0 Å². The van der Waals surface area contributed by atoms with Gasteiger partial charge in [0.25, 0.3) is 0 Å². The summed E-state index contributed by atoms with van der Waals surface area (Å²) in [7, 11) is 0. The topological polar surface area (TPSA) is 20.3 Å². The van der Waals surface area contributed by atoms with Crippen molar-refractivity contribution in [3.05, 3.63) is 29.3 Å². The molecule has 132 valence electrons. The van der Waals surface area contributed by atoms with Crippen LogP contribution < -0.4 is 4.90 Å². The van der Waals surface area contributed by atoms with E-state index in [0.717, 1.165) is 11.6 Å². The van der Waals surface area contributed by atoms with Gasteiger partial charge in [-0.1, -0.05) is 26.8 Å². The fourth-order valence-corrected chi connectivity index (χ4v) is 5.83. The minimum Gasteiger partial charge on any atom is -0.299 e. The van der Waals surface area contributed by atoms with Crippen LogP contribution in [0.25, 0.3) is 0 Å². The average Bonchev–Trinajstić information content (AvgIpc) is 2.87. The van der Waals surface area contributed by atoms with Gasteiger partial charge < -0.3 is 0 Å². The summed E-state index contributed by atoms with van der Waals surface area (Å²) >= 11 is 1.86. The Bertz CT molecular complexity index is 591. The number of carbonyl (C=O) groups is 1. The molecule has 1 aromatic rings. The molecule has 0 aromatic heterocycles. The van der Waals surface area contributed by atoms with Crippen LogP contribution in [0.5, 0.6) is 0 Å². The molecule has 1 amide bonds. The smallest absolute Gasteiger partial charge is 0.238 e. The first kappa shape index (κ1) is 17.8. The Kier molecular flexibility index (Phi) is 5.01. The van der Waals surface area contributed by atoms with E-state index in [9.17, 15) is 4.79 Å². The lowest BCUT2D eigenvalue weighted by Gasteiger charge is -2.40. The summed E-state index contributed by atoms with van der Waals surface area (Å²) in [6, 6.07) is 6.52. The van der Waals surface area contributed by atoms with E-state index in [1.165, 1.54) is 36.8 Å². The van der Waals surface area contributed by atoms with Crippen LogP contribution in [-0.2, 0) is 4.79 Å². The van der Waals surface area contributed by atoms with E-state index in [2.05, 4.69) is 57.7 Å². The van der Waals surface area contributed by atoms with Crippen molar-refractivity contribution in [3.8, 4) is 0 Å². The largest absolute Gasteiger partial charge is 0.299 e. The maximum atomic E-state index is 12.6. The van der Waals surface area contributed by atoms with Crippen LogP contribution in [0, 0.1) is 31.1 Å². The van der Waals surface area contributed by atoms with Crippen molar-refractivity contribution >= 4 is 23.4 Å². The number of aryl methyl sites for hydroxylation is 2. The Morgan fingerprint density at radius 3 is 2.12 bits per heavy atom. The Balaban J connectivity index is 1.77. The molecule has 1 heterocycles. The van der Waals surface area contributed by atoms with E-state index >= 15 is 0 Å². The normalized spacial score (nSPS) is 28.5. The maximum Gasteiger partial charge on any atom is 0.238 e. The van der Waals surface area contributed by atoms with Crippen LogP contribution in [0.3, 0.4) is 0 Å². The molecule has 2 fully saturated rings. The van der Waals surface area contributed by atoms with Crippen molar-refractivity contribution < 1.29 is 4.79 Å². The SMILES string of the molecule is Cc1cc(C)cc(N2C(=O)CSC2C2CCC(C(C)(C)C)CC2)c1. The monoisotopic (exact) mass is 345 g/mol. The molecule has 1 saturated heterocycles. The number of benzene rings is 1. The van der Waals surface area contributed by atoms with Crippen molar-refractivity contribution in [2.24, 2.45) is 17.3 Å². The molecule has 3 heteroatoms. The van der Waals surface area contributed by atoms with Crippen LogP contribution in [0.1, 0.15) is 57.6 Å². The highest BCUT2D eigenvalue weighted by molar-refractivity contribution is 8.01. The molecule has 2 nitrogen and oxygen atoms in total. The quantitative estimate of drug-likeness (QED) is 0.699. The van der Waals surface area contributed by atoms with E-state index in [-0.39, 0.29) is 5.91 Å². The van der Waals surface area contributed by atoms with E-state index < -0.39 is 0 Å². The highest BCUT2D eigenvalue weighted by Crippen LogP contribution is 2.45. The Morgan fingerprint density at radius 1 is 1.00 bits per heavy atom. The molecule has 2 aliphatic rings.